The van der Waals surface area contributed by atoms with Gasteiger partial charge in [-0.3, -0.25) is 14.7 Å². The molecule has 0 aromatic carbocycles. The SMILES string of the molecule is C=CCn1c(SCC(=O)NC(=O)NC2CCCCC2C)nnc1-c1ccco1. The number of carbonyl (C=O) groups excluding carboxylic acids is 2. The van der Waals surface area contributed by atoms with Gasteiger partial charge < -0.3 is 9.73 Å². The second-order valence-electron chi connectivity index (χ2n) is 6.86. The van der Waals surface area contributed by atoms with Crippen LogP contribution in [0.3, 0.4) is 0 Å². The Balaban J connectivity index is 1.54. The molecule has 0 saturated heterocycles. The molecule has 28 heavy (non-hydrogen) atoms. The maximum atomic E-state index is 12.2. The molecule has 0 radical (unpaired) electrons. The van der Waals surface area contributed by atoms with Gasteiger partial charge in [0.15, 0.2) is 10.9 Å². The van der Waals surface area contributed by atoms with Gasteiger partial charge in [0.2, 0.25) is 11.7 Å². The van der Waals surface area contributed by atoms with Crippen molar-refractivity contribution < 1.29 is 14.0 Å². The number of amides is 3. The molecule has 0 aliphatic heterocycles. The minimum absolute atomic E-state index is 0.0566. The second kappa shape index (κ2) is 9.59. The van der Waals surface area contributed by atoms with Crippen LogP contribution < -0.4 is 10.6 Å². The number of rotatable bonds is 7. The van der Waals surface area contributed by atoms with E-state index in [0.717, 1.165) is 19.3 Å². The highest BCUT2D eigenvalue weighted by atomic mass is 32.2. The van der Waals surface area contributed by atoms with Crippen LogP contribution in [-0.4, -0.2) is 38.5 Å². The lowest BCUT2D eigenvalue weighted by atomic mass is 9.86. The molecule has 1 saturated carbocycles. The third kappa shape index (κ3) is 5.03. The smallest absolute Gasteiger partial charge is 0.321 e. The van der Waals surface area contributed by atoms with Crippen LogP contribution in [0.15, 0.2) is 40.6 Å². The molecule has 2 aromatic rings. The third-order valence-electron chi connectivity index (χ3n) is 4.78. The Bertz CT molecular complexity index is 818. The zero-order valence-corrected chi connectivity index (χ0v) is 16.7. The molecule has 0 spiro atoms. The van der Waals surface area contributed by atoms with Gasteiger partial charge in [-0.1, -0.05) is 37.6 Å². The molecule has 1 aliphatic rings. The Kier molecular flexibility index (Phi) is 6.91. The first-order chi connectivity index (χ1) is 13.6. The maximum Gasteiger partial charge on any atom is 0.321 e. The summed E-state index contributed by atoms with van der Waals surface area (Å²) in [6.07, 6.45) is 7.65. The van der Waals surface area contributed by atoms with Crippen LogP contribution in [0, 0.1) is 5.92 Å². The number of nitrogens with zero attached hydrogens (tertiary/aromatic N) is 3. The summed E-state index contributed by atoms with van der Waals surface area (Å²) >= 11 is 1.21. The lowest BCUT2D eigenvalue weighted by Crippen LogP contribution is -2.48. The average Bonchev–Trinajstić information content (AvgIpc) is 3.32. The van der Waals surface area contributed by atoms with Crippen molar-refractivity contribution in [1.82, 2.24) is 25.4 Å². The zero-order valence-electron chi connectivity index (χ0n) is 15.9. The van der Waals surface area contributed by atoms with E-state index in [9.17, 15) is 9.59 Å². The van der Waals surface area contributed by atoms with Crippen LogP contribution in [0.1, 0.15) is 32.6 Å². The number of carbonyl (C=O) groups is 2. The molecule has 3 rings (SSSR count). The van der Waals surface area contributed by atoms with Crippen molar-refractivity contribution in [2.75, 3.05) is 5.75 Å². The number of allylic oxidation sites excluding steroid dienone is 1. The molecule has 2 atom stereocenters. The number of hydrogen-bond acceptors (Lipinski definition) is 6. The van der Waals surface area contributed by atoms with Crippen LogP contribution >= 0.6 is 11.8 Å². The Labute approximate surface area is 168 Å². The van der Waals surface area contributed by atoms with Gasteiger partial charge in [-0.05, 0) is 30.9 Å². The van der Waals surface area contributed by atoms with E-state index in [2.05, 4.69) is 34.3 Å². The van der Waals surface area contributed by atoms with E-state index in [4.69, 9.17) is 4.42 Å². The van der Waals surface area contributed by atoms with Gasteiger partial charge in [-0.2, -0.15) is 0 Å². The summed E-state index contributed by atoms with van der Waals surface area (Å²) in [6, 6.07) is 3.25. The van der Waals surface area contributed by atoms with Gasteiger partial charge in [0.05, 0.1) is 12.0 Å². The van der Waals surface area contributed by atoms with Crippen molar-refractivity contribution in [1.29, 1.82) is 0 Å². The number of imide groups is 1. The first kappa shape index (κ1) is 20.2. The zero-order chi connectivity index (χ0) is 19.9. The van der Waals surface area contributed by atoms with E-state index in [1.54, 1.807) is 24.5 Å². The van der Waals surface area contributed by atoms with Crippen LogP contribution in [0.5, 0.6) is 0 Å². The van der Waals surface area contributed by atoms with E-state index in [1.807, 2.05) is 4.57 Å². The summed E-state index contributed by atoms with van der Waals surface area (Å²) in [7, 11) is 0. The van der Waals surface area contributed by atoms with Gasteiger partial charge in [-0.25, -0.2) is 4.79 Å². The van der Waals surface area contributed by atoms with Crippen molar-refractivity contribution >= 4 is 23.7 Å². The van der Waals surface area contributed by atoms with E-state index < -0.39 is 6.03 Å². The van der Waals surface area contributed by atoms with Crippen LogP contribution in [-0.2, 0) is 11.3 Å². The highest BCUT2D eigenvalue weighted by Crippen LogP contribution is 2.25. The quantitative estimate of drug-likeness (QED) is 0.544. The summed E-state index contributed by atoms with van der Waals surface area (Å²) in [5, 5.41) is 14.1. The molecule has 1 aliphatic carbocycles. The normalized spacial score (nSPS) is 19.2. The Hall–Kier alpha value is -2.55. The van der Waals surface area contributed by atoms with Crippen molar-refractivity contribution in [3.63, 3.8) is 0 Å². The summed E-state index contributed by atoms with van der Waals surface area (Å²) in [6.45, 7) is 6.36. The molecule has 3 amide bonds. The van der Waals surface area contributed by atoms with Crippen LogP contribution in [0.4, 0.5) is 4.79 Å². The number of urea groups is 1. The number of thioether (sulfide) groups is 1. The lowest BCUT2D eigenvalue weighted by Gasteiger charge is -2.29. The minimum Gasteiger partial charge on any atom is -0.461 e. The third-order valence-corrected chi connectivity index (χ3v) is 5.75. The van der Waals surface area contributed by atoms with Gasteiger partial charge in [0.25, 0.3) is 0 Å². The molecule has 2 heterocycles. The number of furan rings is 1. The highest BCUT2D eigenvalue weighted by molar-refractivity contribution is 7.99. The number of aromatic nitrogens is 3. The molecule has 150 valence electrons. The molecule has 8 nitrogen and oxygen atoms in total. The monoisotopic (exact) mass is 403 g/mol. The van der Waals surface area contributed by atoms with E-state index in [1.165, 1.54) is 18.2 Å². The van der Waals surface area contributed by atoms with Gasteiger partial charge in [-0.15, -0.1) is 16.8 Å². The summed E-state index contributed by atoms with van der Waals surface area (Å²) in [5.74, 6) is 1.27. The van der Waals surface area contributed by atoms with Crippen molar-refractivity contribution in [3.05, 3.63) is 31.1 Å². The fraction of sp³-hybridized carbons (Fsp3) is 0.474. The topological polar surface area (TPSA) is 102 Å². The molecule has 9 heteroatoms. The Morgan fingerprint density at radius 1 is 1.39 bits per heavy atom. The minimum atomic E-state index is -0.437. The average molecular weight is 404 g/mol. The molecule has 0 bridgehead atoms. The standard InChI is InChI=1S/C19H25N5O3S/c1-3-10-24-17(15-9-6-11-27-15)22-23-19(24)28-12-16(25)21-18(26)20-14-8-5-4-7-13(14)2/h3,6,9,11,13-14H,1,4-5,7-8,10,12H2,2H3,(H2,20,21,25,26). The number of nitrogens with one attached hydrogen (secondary N) is 2. The molecule has 2 aromatic heterocycles. The number of hydrogen-bond donors (Lipinski definition) is 2. The Morgan fingerprint density at radius 3 is 2.93 bits per heavy atom. The van der Waals surface area contributed by atoms with Crippen molar-refractivity contribution in [2.24, 2.45) is 5.92 Å². The lowest BCUT2D eigenvalue weighted by molar-refractivity contribution is -0.117. The second-order valence-corrected chi connectivity index (χ2v) is 7.80. The van der Waals surface area contributed by atoms with Crippen molar-refractivity contribution in [3.8, 4) is 11.6 Å². The fourth-order valence-corrected chi connectivity index (χ4v) is 4.05. The van der Waals surface area contributed by atoms with Crippen LogP contribution in [0.2, 0.25) is 0 Å². The first-order valence-corrected chi connectivity index (χ1v) is 10.4. The summed E-state index contributed by atoms with van der Waals surface area (Å²) in [4.78, 5) is 24.3. The predicted octanol–water partition coefficient (Wildman–Crippen LogP) is 3.22. The highest BCUT2D eigenvalue weighted by Gasteiger charge is 2.23. The predicted molar refractivity (Wildman–Crippen MR) is 107 cm³/mol. The largest absolute Gasteiger partial charge is 0.461 e. The molecule has 1 fully saturated rings. The Morgan fingerprint density at radius 2 is 2.21 bits per heavy atom. The van der Waals surface area contributed by atoms with E-state index in [-0.39, 0.29) is 17.7 Å². The van der Waals surface area contributed by atoms with Gasteiger partial charge in [0.1, 0.15) is 0 Å². The van der Waals surface area contributed by atoms with E-state index in [0.29, 0.717) is 29.2 Å². The molecule has 2 N–H and O–H groups in total. The van der Waals surface area contributed by atoms with Crippen molar-refractivity contribution in [2.45, 2.75) is 50.4 Å². The molecule has 2 unspecified atom stereocenters. The fourth-order valence-electron chi connectivity index (χ4n) is 3.31. The molecular weight excluding hydrogens is 378 g/mol. The first-order valence-electron chi connectivity index (χ1n) is 9.39. The molecular formula is C19H25N5O3S. The van der Waals surface area contributed by atoms with Gasteiger partial charge >= 0.3 is 6.03 Å². The summed E-state index contributed by atoms with van der Waals surface area (Å²) in [5.41, 5.74) is 0. The summed E-state index contributed by atoms with van der Waals surface area (Å²) < 4.78 is 7.19. The van der Waals surface area contributed by atoms with Crippen LogP contribution in [0.25, 0.3) is 11.6 Å². The maximum absolute atomic E-state index is 12.2. The van der Waals surface area contributed by atoms with E-state index >= 15 is 0 Å². The van der Waals surface area contributed by atoms with Gasteiger partial charge in [0, 0.05) is 12.6 Å².